The fourth-order valence-electron chi connectivity index (χ4n) is 1.31. The van der Waals surface area contributed by atoms with E-state index in [1.54, 1.807) is 6.07 Å². The number of hydrogen-bond donors (Lipinski definition) is 0. The van der Waals surface area contributed by atoms with Crippen molar-refractivity contribution in [2.45, 2.75) is 13.5 Å². The van der Waals surface area contributed by atoms with Gasteiger partial charge in [-0.2, -0.15) is 0 Å². The molecule has 0 saturated carbocycles. The quantitative estimate of drug-likeness (QED) is 0.717. The molecule has 0 unspecified atom stereocenters. The van der Waals surface area contributed by atoms with Gasteiger partial charge < -0.3 is 4.90 Å². The molecule has 0 saturated heterocycles. The first-order chi connectivity index (χ1) is 6.50. The summed E-state index contributed by atoms with van der Waals surface area (Å²) < 4.78 is 0. The van der Waals surface area contributed by atoms with Gasteiger partial charge >= 0.3 is 0 Å². The summed E-state index contributed by atoms with van der Waals surface area (Å²) in [5.41, 5.74) is 1.70. The molecule has 0 bridgehead atoms. The van der Waals surface area contributed by atoms with Crippen LogP contribution in [0.3, 0.4) is 0 Å². The van der Waals surface area contributed by atoms with Crippen LogP contribution in [0.2, 0.25) is 5.02 Å². The maximum Gasteiger partial charge on any atom is 0.161 e. The summed E-state index contributed by atoms with van der Waals surface area (Å²) in [7, 11) is 3.98. The molecule has 0 aliphatic heterocycles. The Hall–Kier alpha value is -0.860. The zero-order chi connectivity index (χ0) is 10.7. The van der Waals surface area contributed by atoms with Gasteiger partial charge in [-0.05, 0) is 38.7 Å². The molecule has 0 aliphatic rings. The predicted molar refractivity (Wildman–Crippen MR) is 58.8 cm³/mol. The number of carbonyl (C=O) groups is 1. The fourth-order valence-corrected chi connectivity index (χ4v) is 1.56. The molecule has 2 nitrogen and oxygen atoms in total. The van der Waals surface area contributed by atoms with Crippen LogP contribution in [0.5, 0.6) is 0 Å². The van der Waals surface area contributed by atoms with E-state index in [1.165, 1.54) is 6.92 Å². The van der Waals surface area contributed by atoms with Gasteiger partial charge in [0.15, 0.2) is 5.78 Å². The third-order valence-corrected chi connectivity index (χ3v) is 2.24. The second-order valence-electron chi connectivity index (χ2n) is 3.61. The van der Waals surface area contributed by atoms with Crippen LogP contribution >= 0.6 is 11.6 Å². The topological polar surface area (TPSA) is 20.3 Å². The molecule has 0 spiro atoms. The molecule has 76 valence electrons. The Kier molecular flexibility index (Phi) is 3.67. The van der Waals surface area contributed by atoms with E-state index in [2.05, 4.69) is 0 Å². The SMILES string of the molecule is CC(=O)c1cc(CN(C)C)ccc1Cl. The molecule has 1 rings (SSSR count). The van der Waals surface area contributed by atoms with Gasteiger partial charge in [0, 0.05) is 12.1 Å². The lowest BCUT2D eigenvalue weighted by Crippen LogP contribution is -2.11. The molecule has 14 heavy (non-hydrogen) atoms. The number of nitrogens with zero attached hydrogens (tertiary/aromatic N) is 1. The third-order valence-electron chi connectivity index (χ3n) is 1.91. The van der Waals surface area contributed by atoms with Crippen molar-refractivity contribution in [2.75, 3.05) is 14.1 Å². The Morgan fingerprint density at radius 1 is 1.43 bits per heavy atom. The number of carbonyl (C=O) groups excluding carboxylic acids is 1. The second-order valence-corrected chi connectivity index (χ2v) is 4.02. The van der Waals surface area contributed by atoms with E-state index in [0.717, 1.165) is 12.1 Å². The van der Waals surface area contributed by atoms with E-state index in [4.69, 9.17) is 11.6 Å². The van der Waals surface area contributed by atoms with Crippen molar-refractivity contribution in [3.8, 4) is 0 Å². The van der Waals surface area contributed by atoms with E-state index in [1.807, 2.05) is 31.1 Å². The predicted octanol–water partition coefficient (Wildman–Crippen LogP) is 2.60. The van der Waals surface area contributed by atoms with Gasteiger partial charge in [0.25, 0.3) is 0 Å². The molecular formula is C11H14ClNO. The van der Waals surface area contributed by atoms with Crippen LogP contribution in [0.4, 0.5) is 0 Å². The molecule has 0 N–H and O–H groups in total. The smallest absolute Gasteiger partial charge is 0.161 e. The summed E-state index contributed by atoms with van der Waals surface area (Å²) in [6, 6.07) is 5.57. The molecular weight excluding hydrogens is 198 g/mol. The van der Waals surface area contributed by atoms with Crippen molar-refractivity contribution in [1.82, 2.24) is 4.90 Å². The lowest BCUT2D eigenvalue weighted by molar-refractivity contribution is 0.101. The molecule has 3 heteroatoms. The third kappa shape index (κ3) is 2.82. The lowest BCUT2D eigenvalue weighted by atomic mass is 10.1. The Bertz CT molecular complexity index is 347. The van der Waals surface area contributed by atoms with E-state index in [-0.39, 0.29) is 5.78 Å². The highest BCUT2D eigenvalue weighted by Gasteiger charge is 2.06. The first-order valence-corrected chi connectivity index (χ1v) is 4.82. The zero-order valence-corrected chi connectivity index (χ0v) is 9.43. The van der Waals surface area contributed by atoms with Crippen molar-refractivity contribution in [1.29, 1.82) is 0 Å². The van der Waals surface area contributed by atoms with Crippen molar-refractivity contribution in [2.24, 2.45) is 0 Å². The maximum atomic E-state index is 11.2. The molecule has 1 aromatic rings. The number of halogens is 1. The number of rotatable bonds is 3. The zero-order valence-electron chi connectivity index (χ0n) is 8.67. The molecule has 1 aromatic carbocycles. The average molecular weight is 212 g/mol. The van der Waals surface area contributed by atoms with Gasteiger partial charge in [-0.25, -0.2) is 0 Å². The summed E-state index contributed by atoms with van der Waals surface area (Å²) in [5.74, 6) is 0.00982. The Labute approximate surface area is 89.5 Å². The lowest BCUT2D eigenvalue weighted by Gasteiger charge is -2.10. The standard InChI is InChI=1S/C11H14ClNO/c1-8(14)10-6-9(7-13(2)3)4-5-11(10)12/h4-6H,7H2,1-3H3. The van der Waals surface area contributed by atoms with Gasteiger partial charge in [0.2, 0.25) is 0 Å². The molecule has 0 aliphatic carbocycles. The highest BCUT2D eigenvalue weighted by Crippen LogP contribution is 2.18. The van der Waals surface area contributed by atoms with Crippen molar-refractivity contribution in [3.05, 3.63) is 34.3 Å². The normalized spacial score (nSPS) is 10.6. The van der Waals surface area contributed by atoms with Crippen molar-refractivity contribution >= 4 is 17.4 Å². The van der Waals surface area contributed by atoms with Gasteiger partial charge in [-0.1, -0.05) is 17.7 Å². The highest BCUT2D eigenvalue weighted by molar-refractivity contribution is 6.33. The molecule has 0 atom stereocenters. The van der Waals surface area contributed by atoms with E-state index >= 15 is 0 Å². The molecule has 0 amide bonds. The van der Waals surface area contributed by atoms with Crippen LogP contribution in [-0.2, 0) is 6.54 Å². The van der Waals surface area contributed by atoms with Crippen LogP contribution in [0, 0.1) is 0 Å². The maximum absolute atomic E-state index is 11.2. The second kappa shape index (κ2) is 4.58. The monoisotopic (exact) mass is 211 g/mol. The van der Waals surface area contributed by atoms with Gasteiger partial charge in [0.1, 0.15) is 0 Å². The first kappa shape index (κ1) is 11.2. The first-order valence-electron chi connectivity index (χ1n) is 4.45. The minimum Gasteiger partial charge on any atom is -0.305 e. The molecule has 0 fully saturated rings. The highest BCUT2D eigenvalue weighted by atomic mass is 35.5. The van der Waals surface area contributed by atoms with Crippen LogP contribution < -0.4 is 0 Å². The minimum absolute atomic E-state index is 0.00982. The molecule has 0 heterocycles. The average Bonchev–Trinajstić information content (AvgIpc) is 2.07. The number of benzene rings is 1. The van der Waals surface area contributed by atoms with E-state index in [9.17, 15) is 4.79 Å². The Morgan fingerprint density at radius 3 is 2.57 bits per heavy atom. The van der Waals surface area contributed by atoms with Crippen molar-refractivity contribution in [3.63, 3.8) is 0 Å². The summed E-state index contributed by atoms with van der Waals surface area (Å²) in [6.45, 7) is 2.35. The van der Waals surface area contributed by atoms with E-state index < -0.39 is 0 Å². The number of Topliss-reactive ketones (excluding diaryl/α,β-unsaturated/α-hetero) is 1. The van der Waals surface area contributed by atoms with Gasteiger partial charge in [-0.3, -0.25) is 4.79 Å². The fraction of sp³-hybridized carbons (Fsp3) is 0.364. The van der Waals surface area contributed by atoms with Gasteiger partial charge in [-0.15, -0.1) is 0 Å². The van der Waals surface area contributed by atoms with E-state index in [0.29, 0.717) is 10.6 Å². The number of hydrogen-bond acceptors (Lipinski definition) is 2. The summed E-state index contributed by atoms with van der Waals surface area (Å²) >= 11 is 5.89. The van der Waals surface area contributed by atoms with Crippen molar-refractivity contribution < 1.29 is 4.79 Å². The summed E-state index contributed by atoms with van der Waals surface area (Å²) in [5, 5.41) is 0.528. The van der Waals surface area contributed by atoms with Crippen LogP contribution in [0.25, 0.3) is 0 Å². The van der Waals surface area contributed by atoms with Crippen LogP contribution in [0.1, 0.15) is 22.8 Å². The molecule has 0 radical (unpaired) electrons. The summed E-state index contributed by atoms with van der Waals surface area (Å²) in [4.78, 5) is 13.3. The minimum atomic E-state index is 0.00982. The number of ketones is 1. The largest absolute Gasteiger partial charge is 0.305 e. The Balaban J connectivity index is 3.00. The summed E-state index contributed by atoms with van der Waals surface area (Å²) in [6.07, 6.45) is 0. The van der Waals surface area contributed by atoms with Crippen LogP contribution in [-0.4, -0.2) is 24.8 Å². The Morgan fingerprint density at radius 2 is 2.07 bits per heavy atom. The molecule has 0 aromatic heterocycles. The van der Waals surface area contributed by atoms with Gasteiger partial charge in [0.05, 0.1) is 5.02 Å². The van der Waals surface area contributed by atoms with Crippen LogP contribution in [0.15, 0.2) is 18.2 Å².